The second-order valence-corrected chi connectivity index (χ2v) is 4.69. The molecule has 0 aromatic rings. The molecule has 0 fully saturated rings. The molecule has 0 saturated heterocycles. The van der Waals surface area contributed by atoms with Crippen molar-refractivity contribution >= 4 is 0 Å². The molecule has 0 aliphatic rings. The second-order valence-electron chi connectivity index (χ2n) is 4.69. The van der Waals surface area contributed by atoms with E-state index in [-0.39, 0.29) is 0 Å². The monoisotopic (exact) mass is 210 g/mol. The van der Waals surface area contributed by atoms with E-state index in [0.717, 1.165) is 5.92 Å². The summed E-state index contributed by atoms with van der Waals surface area (Å²) in [5, 5.41) is 0. The van der Waals surface area contributed by atoms with Gasteiger partial charge in [0.2, 0.25) is 0 Å². The molecule has 0 radical (unpaired) electrons. The van der Waals surface area contributed by atoms with Crippen LogP contribution in [0.2, 0.25) is 0 Å². The van der Waals surface area contributed by atoms with Gasteiger partial charge in [0, 0.05) is 0 Å². The van der Waals surface area contributed by atoms with Gasteiger partial charge in [-0.15, -0.1) is 6.58 Å². The summed E-state index contributed by atoms with van der Waals surface area (Å²) < 4.78 is 0. The van der Waals surface area contributed by atoms with Crippen LogP contribution in [0.4, 0.5) is 0 Å². The van der Waals surface area contributed by atoms with Crippen molar-refractivity contribution in [3.8, 4) is 0 Å². The molecule has 0 amide bonds. The SMILES string of the molecule is C=CC(CCCC)CCCCCCCC. The van der Waals surface area contributed by atoms with Gasteiger partial charge < -0.3 is 0 Å². The molecule has 1 unspecified atom stereocenters. The minimum atomic E-state index is 0.788. The Morgan fingerprint density at radius 1 is 0.800 bits per heavy atom. The average molecular weight is 210 g/mol. The third-order valence-corrected chi connectivity index (χ3v) is 3.19. The molecule has 15 heavy (non-hydrogen) atoms. The number of unbranched alkanes of at least 4 members (excludes halogenated alkanes) is 6. The highest BCUT2D eigenvalue weighted by molar-refractivity contribution is 4.78. The predicted molar refractivity (Wildman–Crippen MR) is 71.2 cm³/mol. The van der Waals surface area contributed by atoms with E-state index >= 15 is 0 Å². The topological polar surface area (TPSA) is 0 Å². The molecule has 1 atom stereocenters. The molecule has 90 valence electrons. The molecule has 0 aromatic carbocycles. The number of rotatable bonds is 11. The molecule has 0 aromatic heterocycles. The van der Waals surface area contributed by atoms with Crippen LogP contribution in [0.15, 0.2) is 12.7 Å². The van der Waals surface area contributed by atoms with Crippen LogP contribution in [-0.2, 0) is 0 Å². The fraction of sp³-hybridized carbons (Fsp3) is 0.867. The summed E-state index contributed by atoms with van der Waals surface area (Å²) in [5.74, 6) is 0.788. The van der Waals surface area contributed by atoms with Gasteiger partial charge in [0.05, 0.1) is 0 Å². The lowest BCUT2D eigenvalue weighted by molar-refractivity contribution is 0.479. The highest BCUT2D eigenvalue weighted by atomic mass is 14.1. The molecule has 0 N–H and O–H groups in total. The van der Waals surface area contributed by atoms with Gasteiger partial charge in [0.1, 0.15) is 0 Å². The molecule has 0 spiro atoms. The van der Waals surface area contributed by atoms with E-state index in [9.17, 15) is 0 Å². The maximum absolute atomic E-state index is 3.94. The van der Waals surface area contributed by atoms with Crippen molar-refractivity contribution in [2.45, 2.75) is 78.1 Å². The summed E-state index contributed by atoms with van der Waals surface area (Å²) in [6.07, 6.45) is 16.1. The number of hydrogen-bond donors (Lipinski definition) is 0. The van der Waals surface area contributed by atoms with Crippen LogP contribution in [0, 0.1) is 5.92 Å². The maximum Gasteiger partial charge on any atom is -0.0236 e. The normalized spacial score (nSPS) is 12.7. The van der Waals surface area contributed by atoms with E-state index in [1.54, 1.807) is 0 Å². The zero-order valence-corrected chi connectivity index (χ0v) is 10.9. The Hall–Kier alpha value is -0.260. The van der Waals surface area contributed by atoms with Crippen LogP contribution in [-0.4, -0.2) is 0 Å². The van der Waals surface area contributed by atoms with Gasteiger partial charge in [-0.05, 0) is 18.8 Å². The highest BCUT2D eigenvalue weighted by Crippen LogP contribution is 2.18. The van der Waals surface area contributed by atoms with Gasteiger partial charge in [-0.3, -0.25) is 0 Å². The van der Waals surface area contributed by atoms with E-state index < -0.39 is 0 Å². The van der Waals surface area contributed by atoms with Gasteiger partial charge in [0.25, 0.3) is 0 Å². The first kappa shape index (κ1) is 14.7. The van der Waals surface area contributed by atoms with Crippen LogP contribution in [0.3, 0.4) is 0 Å². The molecule has 0 saturated carbocycles. The zero-order valence-electron chi connectivity index (χ0n) is 10.9. The fourth-order valence-electron chi connectivity index (χ4n) is 2.03. The van der Waals surface area contributed by atoms with E-state index in [1.165, 1.54) is 64.2 Å². The van der Waals surface area contributed by atoms with E-state index in [4.69, 9.17) is 0 Å². The number of allylic oxidation sites excluding steroid dienone is 1. The van der Waals surface area contributed by atoms with Gasteiger partial charge in [0.15, 0.2) is 0 Å². The largest absolute Gasteiger partial charge is 0.103 e. The van der Waals surface area contributed by atoms with Crippen molar-refractivity contribution in [3.63, 3.8) is 0 Å². The molecular formula is C15H30. The van der Waals surface area contributed by atoms with Crippen LogP contribution in [0.1, 0.15) is 78.1 Å². The van der Waals surface area contributed by atoms with Crippen LogP contribution in [0.25, 0.3) is 0 Å². The summed E-state index contributed by atoms with van der Waals surface area (Å²) in [6.45, 7) is 8.49. The average Bonchev–Trinajstić information content (AvgIpc) is 2.27. The molecule has 0 heteroatoms. The first-order chi connectivity index (χ1) is 7.35. The molecule has 0 nitrogen and oxygen atoms in total. The minimum Gasteiger partial charge on any atom is -0.103 e. The van der Waals surface area contributed by atoms with Gasteiger partial charge in [-0.25, -0.2) is 0 Å². The summed E-state index contributed by atoms with van der Waals surface area (Å²) in [7, 11) is 0. The van der Waals surface area contributed by atoms with Crippen molar-refractivity contribution < 1.29 is 0 Å². The van der Waals surface area contributed by atoms with E-state index in [0.29, 0.717) is 0 Å². The van der Waals surface area contributed by atoms with Gasteiger partial charge >= 0.3 is 0 Å². The Balaban J connectivity index is 3.26. The van der Waals surface area contributed by atoms with Crippen LogP contribution >= 0.6 is 0 Å². The van der Waals surface area contributed by atoms with Crippen molar-refractivity contribution in [2.75, 3.05) is 0 Å². The number of hydrogen-bond acceptors (Lipinski definition) is 0. The third-order valence-electron chi connectivity index (χ3n) is 3.19. The molecule has 0 aliphatic heterocycles. The Labute approximate surface area is 97.2 Å². The smallest absolute Gasteiger partial charge is 0.0236 e. The van der Waals surface area contributed by atoms with Crippen molar-refractivity contribution in [1.29, 1.82) is 0 Å². The summed E-state index contributed by atoms with van der Waals surface area (Å²) in [6, 6.07) is 0. The molecule has 0 bridgehead atoms. The summed E-state index contributed by atoms with van der Waals surface area (Å²) >= 11 is 0. The molecule has 0 heterocycles. The first-order valence-corrected chi connectivity index (χ1v) is 6.97. The van der Waals surface area contributed by atoms with Crippen LogP contribution < -0.4 is 0 Å². The second kappa shape index (κ2) is 11.8. The Kier molecular flexibility index (Phi) is 11.6. The van der Waals surface area contributed by atoms with E-state index in [1.807, 2.05) is 0 Å². The van der Waals surface area contributed by atoms with E-state index in [2.05, 4.69) is 26.5 Å². The van der Waals surface area contributed by atoms with Crippen molar-refractivity contribution in [2.24, 2.45) is 5.92 Å². The molecule has 0 aliphatic carbocycles. The Morgan fingerprint density at radius 2 is 1.33 bits per heavy atom. The summed E-state index contributed by atoms with van der Waals surface area (Å²) in [4.78, 5) is 0. The Morgan fingerprint density at radius 3 is 1.93 bits per heavy atom. The van der Waals surface area contributed by atoms with Crippen molar-refractivity contribution in [1.82, 2.24) is 0 Å². The quantitative estimate of drug-likeness (QED) is 0.302. The minimum absolute atomic E-state index is 0.788. The lowest BCUT2D eigenvalue weighted by Gasteiger charge is -2.11. The fourth-order valence-corrected chi connectivity index (χ4v) is 2.03. The Bertz CT molecular complexity index is 126. The molecular weight excluding hydrogens is 180 g/mol. The standard InChI is InChI=1S/C15H30/c1-4-7-9-10-11-12-14-15(6-3)13-8-5-2/h6,15H,3-5,7-14H2,1-2H3. The lowest BCUT2D eigenvalue weighted by Crippen LogP contribution is -1.96. The molecule has 0 rings (SSSR count). The van der Waals surface area contributed by atoms with Gasteiger partial charge in [-0.2, -0.15) is 0 Å². The highest BCUT2D eigenvalue weighted by Gasteiger charge is 2.02. The first-order valence-electron chi connectivity index (χ1n) is 6.97. The third kappa shape index (κ3) is 10.0. The van der Waals surface area contributed by atoms with Crippen molar-refractivity contribution in [3.05, 3.63) is 12.7 Å². The lowest BCUT2D eigenvalue weighted by atomic mass is 9.95. The predicted octanol–water partition coefficient (Wildman–Crippen LogP) is 5.73. The van der Waals surface area contributed by atoms with Gasteiger partial charge in [-0.1, -0.05) is 71.3 Å². The summed E-state index contributed by atoms with van der Waals surface area (Å²) in [5.41, 5.74) is 0. The zero-order chi connectivity index (χ0) is 11.4. The van der Waals surface area contributed by atoms with Crippen LogP contribution in [0.5, 0.6) is 0 Å². The maximum atomic E-state index is 3.94.